The van der Waals surface area contributed by atoms with Crippen LogP contribution in [0.4, 0.5) is 0 Å². The van der Waals surface area contributed by atoms with Crippen LogP contribution in [-0.2, 0) is 0 Å². The lowest BCUT2D eigenvalue weighted by atomic mass is 10.1. The molecule has 0 amide bonds. The van der Waals surface area contributed by atoms with Gasteiger partial charge in [-0.3, -0.25) is 0 Å². The molecule has 0 aliphatic heterocycles. The molecule has 0 aliphatic carbocycles. The fraction of sp³-hybridized carbons (Fsp3) is 0.300. The molecule has 0 aromatic heterocycles. The molecule has 0 bridgehead atoms. The molecule has 1 N–H and O–H groups in total. The van der Waals surface area contributed by atoms with Crippen LogP contribution in [0.25, 0.3) is 0 Å². The van der Waals surface area contributed by atoms with E-state index >= 15 is 0 Å². The van der Waals surface area contributed by atoms with Crippen LogP contribution in [0.3, 0.4) is 0 Å². The van der Waals surface area contributed by atoms with Gasteiger partial charge in [-0.05, 0) is 19.1 Å². The van der Waals surface area contributed by atoms with Crippen LogP contribution in [-0.4, -0.2) is 25.1 Å². The predicted molar refractivity (Wildman–Crippen MR) is 53.5 cm³/mol. The van der Waals surface area contributed by atoms with Crippen molar-refractivity contribution in [1.29, 1.82) is 0 Å². The van der Waals surface area contributed by atoms with E-state index in [4.69, 9.17) is 14.7 Å². The van der Waals surface area contributed by atoms with Crippen molar-refractivity contribution in [3.05, 3.63) is 23.8 Å². The first-order valence-corrected chi connectivity index (χ1v) is 4.13. The number of benzene rings is 1. The van der Waals surface area contributed by atoms with Gasteiger partial charge in [-0.25, -0.2) is 0 Å². The number of hydrogen-bond donors (Lipinski definition) is 1. The summed E-state index contributed by atoms with van der Waals surface area (Å²) in [4.78, 5) is 0. The molecule has 4 nitrogen and oxygen atoms in total. The largest absolute Gasteiger partial charge is 0.497 e. The van der Waals surface area contributed by atoms with Gasteiger partial charge in [0.2, 0.25) is 0 Å². The van der Waals surface area contributed by atoms with Gasteiger partial charge >= 0.3 is 0 Å². The molecule has 0 saturated carbocycles. The summed E-state index contributed by atoms with van der Waals surface area (Å²) in [6.45, 7) is 1.70. The molecule has 14 heavy (non-hydrogen) atoms. The lowest BCUT2D eigenvalue weighted by Crippen LogP contribution is -1.97. The lowest BCUT2D eigenvalue weighted by molar-refractivity contribution is 0.319. The Hall–Kier alpha value is -1.71. The van der Waals surface area contributed by atoms with Crippen LogP contribution >= 0.6 is 0 Å². The molecule has 0 radical (unpaired) electrons. The van der Waals surface area contributed by atoms with Crippen molar-refractivity contribution in [1.82, 2.24) is 0 Å². The Morgan fingerprint density at radius 1 is 1.14 bits per heavy atom. The standard InChI is InChI=1S/C10H13NO3/c1-7(11-12)8-4-9(13-2)6-10(5-8)14-3/h4-6,12H,1-3H3/b11-7+. The van der Waals surface area contributed by atoms with E-state index in [1.54, 1.807) is 39.3 Å². The highest BCUT2D eigenvalue weighted by atomic mass is 16.5. The van der Waals surface area contributed by atoms with Crippen LogP contribution in [0.2, 0.25) is 0 Å². The van der Waals surface area contributed by atoms with Gasteiger partial charge in [0.1, 0.15) is 11.5 Å². The fourth-order valence-electron chi connectivity index (χ4n) is 1.07. The minimum atomic E-state index is 0.516. The number of rotatable bonds is 3. The lowest BCUT2D eigenvalue weighted by Gasteiger charge is -2.07. The number of oxime groups is 1. The Bertz CT molecular complexity index is 325. The molecule has 0 spiro atoms. The Balaban J connectivity index is 3.17. The minimum Gasteiger partial charge on any atom is -0.497 e. The van der Waals surface area contributed by atoms with Crippen LogP contribution in [0.1, 0.15) is 12.5 Å². The summed E-state index contributed by atoms with van der Waals surface area (Å²) < 4.78 is 10.2. The summed E-state index contributed by atoms with van der Waals surface area (Å²) in [6, 6.07) is 5.31. The van der Waals surface area contributed by atoms with Crippen LogP contribution in [0.15, 0.2) is 23.4 Å². The summed E-state index contributed by atoms with van der Waals surface area (Å²) in [5.41, 5.74) is 1.28. The van der Waals surface area contributed by atoms with Gasteiger partial charge in [0.25, 0.3) is 0 Å². The third-order valence-electron chi connectivity index (χ3n) is 1.92. The SMILES string of the molecule is COc1cc(OC)cc(/C(C)=N/O)c1. The maximum atomic E-state index is 8.62. The third-order valence-corrected chi connectivity index (χ3v) is 1.92. The summed E-state index contributed by atoms with van der Waals surface area (Å²) in [5.74, 6) is 1.34. The molecule has 4 heteroatoms. The first-order valence-electron chi connectivity index (χ1n) is 4.13. The van der Waals surface area contributed by atoms with Crippen LogP contribution < -0.4 is 9.47 Å². The van der Waals surface area contributed by atoms with E-state index in [2.05, 4.69) is 5.16 Å². The molecule has 76 valence electrons. The van der Waals surface area contributed by atoms with Crippen molar-refractivity contribution in [3.63, 3.8) is 0 Å². The smallest absolute Gasteiger partial charge is 0.123 e. The van der Waals surface area contributed by atoms with Gasteiger partial charge in [0, 0.05) is 11.6 Å². The Labute approximate surface area is 82.8 Å². The zero-order valence-corrected chi connectivity index (χ0v) is 8.44. The average molecular weight is 195 g/mol. The van der Waals surface area contributed by atoms with Crippen molar-refractivity contribution in [3.8, 4) is 11.5 Å². The Morgan fingerprint density at radius 3 is 2.00 bits per heavy atom. The molecular formula is C10H13NO3. The quantitative estimate of drug-likeness (QED) is 0.455. The van der Waals surface area contributed by atoms with E-state index in [1.807, 2.05) is 0 Å². The van der Waals surface area contributed by atoms with E-state index < -0.39 is 0 Å². The number of methoxy groups -OCH3 is 2. The molecule has 1 aromatic rings. The molecule has 0 saturated heterocycles. The van der Waals surface area contributed by atoms with Gasteiger partial charge in [-0.2, -0.15) is 0 Å². The van der Waals surface area contributed by atoms with E-state index in [0.29, 0.717) is 17.2 Å². The van der Waals surface area contributed by atoms with Crippen molar-refractivity contribution in [2.45, 2.75) is 6.92 Å². The normalized spacial score (nSPS) is 11.2. The summed E-state index contributed by atoms with van der Waals surface area (Å²) in [5, 5.41) is 11.7. The Kier molecular flexibility index (Phi) is 3.34. The van der Waals surface area contributed by atoms with Crippen molar-refractivity contribution in [2.75, 3.05) is 14.2 Å². The van der Waals surface area contributed by atoms with E-state index in [-0.39, 0.29) is 0 Å². The maximum Gasteiger partial charge on any atom is 0.123 e. The van der Waals surface area contributed by atoms with E-state index in [9.17, 15) is 0 Å². The molecule has 0 aliphatic rings. The van der Waals surface area contributed by atoms with Gasteiger partial charge in [-0.1, -0.05) is 5.16 Å². The van der Waals surface area contributed by atoms with E-state index in [1.165, 1.54) is 0 Å². The fourth-order valence-corrected chi connectivity index (χ4v) is 1.07. The first kappa shape index (κ1) is 10.4. The molecule has 0 heterocycles. The number of ether oxygens (including phenoxy) is 2. The van der Waals surface area contributed by atoms with Gasteiger partial charge < -0.3 is 14.7 Å². The molecule has 0 fully saturated rings. The number of hydrogen-bond acceptors (Lipinski definition) is 4. The molecule has 0 unspecified atom stereocenters. The van der Waals surface area contributed by atoms with Crippen molar-refractivity contribution in [2.24, 2.45) is 5.16 Å². The van der Waals surface area contributed by atoms with Crippen molar-refractivity contribution >= 4 is 5.71 Å². The maximum absolute atomic E-state index is 8.62. The van der Waals surface area contributed by atoms with Crippen LogP contribution in [0, 0.1) is 0 Å². The molecule has 0 atom stereocenters. The second-order valence-corrected chi connectivity index (χ2v) is 2.79. The third kappa shape index (κ3) is 2.16. The second kappa shape index (κ2) is 4.50. The highest BCUT2D eigenvalue weighted by molar-refractivity contribution is 5.98. The molecular weight excluding hydrogens is 182 g/mol. The average Bonchev–Trinajstić information content (AvgIpc) is 2.27. The molecule has 1 rings (SSSR count). The van der Waals surface area contributed by atoms with Crippen molar-refractivity contribution < 1.29 is 14.7 Å². The first-order chi connectivity index (χ1) is 6.71. The summed E-state index contributed by atoms with van der Waals surface area (Å²) in [6.07, 6.45) is 0. The van der Waals surface area contributed by atoms with E-state index in [0.717, 1.165) is 5.56 Å². The zero-order chi connectivity index (χ0) is 10.6. The predicted octanol–water partition coefficient (Wildman–Crippen LogP) is 1.90. The minimum absolute atomic E-state index is 0.516. The second-order valence-electron chi connectivity index (χ2n) is 2.79. The Morgan fingerprint density at radius 2 is 1.64 bits per heavy atom. The topological polar surface area (TPSA) is 51.0 Å². The van der Waals surface area contributed by atoms with Gasteiger partial charge in [0.15, 0.2) is 0 Å². The molecule has 1 aromatic carbocycles. The van der Waals surface area contributed by atoms with Crippen LogP contribution in [0.5, 0.6) is 11.5 Å². The summed E-state index contributed by atoms with van der Waals surface area (Å²) >= 11 is 0. The summed E-state index contributed by atoms with van der Waals surface area (Å²) in [7, 11) is 3.15. The highest BCUT2D eigenvalue weighted by Gasteiger charge is 2.04. The monoisotopic (exact) mass is 195 g/mol. The number of nitrogens with zero attached hydrogens (tertiary/aromatic N) is 1. The van der Waals surface area contributed by atoms with Gasteiger partial charge in [0.05, 0.1) is 19.9 Å². The highest BCUT2D eigenvalue weighted by Crippen LogP contribution is 2.22. The zero-order valence-electron chi connectivity index (χ0n) is 8.44. The van der Waals surface area contributed by atoms with Gasteiger partial charge in [-0.15, -0.1) is 0 Å².